The lowest BCUT2D eigenvalue weighted by Gasteiger charge is -2.35. The molecule has 0 unspecified atom stereocenters. The first-order valence-electron chi connectivity index (χ1n) is 10.6. The summed E-state index contributed by atoms with van der Waals surface area (Å²) in [4.78, 5) is 34.2. The van der Waals surface area contributed by atoms with Gasteiger partial charge in [-0.25, -0.2) is 4.98 Å². The number of para-hydroxylation sites is 2. The molecule has 2 aliphatic heterocycles. The van der Waals surface area contributed by atoms with E-state index in [1.165, 1.54) is 18.2 Å². The summed E-state index contributed by atoms with van der Waals surface area (Å²) in [6.07, 6.45) is 3.36. The maximum absolute atomic E-state index is 13.1. The number of carbonyl (C=O) groups excluding carboxylic acids is 2. The van der Waals surface area contributed by atoms with Crippen LogP contribution in [0.5, 0.6) is 0 Å². The van der Waals surface area contributed by atoms with Crippen LogP contribution in [-0.4, -0.2) is 63.1 Å². The lowest BCUT2D eigenvalue weighted by Crippen LogP contribution is -2.44. The van der Waals surface area contributed by atoms with E-state index in [-0.39, 0.29) is 18.4 Å². The van der Waals surface area contributed by atoms with Crippen LogP contribution in [0.25, 0.3) is 11.0 Å². The van der Waals surface area contributed by atoms with Crippen LogP contribution < -0.4 is 0 Å². The molecule has 3 heterocycles. The summed E-state index contributed by atoms with van der Waals surface area (Å²) >= 11 is 1.45. The first-order chi connectivity index (χ1) is 14.0. The van der Waals surface area contributed by atoms with Crippen molar-refractivity contribution in [2.75, 3.05) is 31.9 Å². The van der Waals surface area contributed by atoms with Gasteiger partial charge in [-0.3, -0.25) is 9.59 Å². The third-order valence-electron chi connectivity index (χ3n) is 5.92. The Morgan fingerprint density at radius 2 is 1.72 bits per heavy atom. The van der Waals surface area contributed by atoms with Crippen molar-refractivity contribution < 1.29 is 9.59 Å². The summed E-state index contributed by atoms with van der Waals surface area (Å²) in [7, 11) is 0. The van der Waals surface area contributed by atoms with Crippen molar-refractivity contribution in [2.45, 2.75) is 44.8 Å². The molecular weight excluding hydrogens is 384 g/mol. The molecule has 29 heavy (non-hydrogen) atoms. The van der Waals surface area contributed by atoms with E-state index >= 15 is 0 Å². The largest absolute Gasteiger partial charge is 0.342 e. The number of imidazole rings is 1. The topological polar surface area (TPSA) is 58.4 Å². The number of fused-ring (bicyclic) bond motifs is 1. The minimum atomic E-state index is 0.138. The van der Waals surface area contributed by atoms with Crippen molar-refractivity contribution in [3.05, 3.63) is 24.3 Å². The van der Waals surface area contributed by atoms with Crippen LogP contribution in [0.3, 0.4) is 0 Å². The van der Waals surface area contributed by atoms with Crippen molar-refractivity contribution >= 4 is 34.6 Å². The number of benzene rings is 1. The summed E-state index contributed by atoms with van der Waals surface area (Å²) in [5.74, 6) is 1.74. The van der Waals surface area contributed by atoms with Gasteiger partial charge < -0.3 is 14.4 Å². The van der Waals surface area contributed by atoms with Crippen LogP contribution >= 0.6 is 11.8 Å². The Balaban J connectivity index is 1.51. The smallest absolute Gasteiger partial charge is 0.242 e. The number of thioether (sulfide) groups is 1. The molecule has 0 aliphatic carbocycles. The second kappa shape index (κ2) is 8.78. The van der Waals surface area contributed by atoms with Gasteiger partial charge in [0.1, 0.15) is 6.54 Å². The van der Waals surface area contributed by atoms with Gasteiger partial charge in [-0.15, -0.1) is 0 Å². The van der Waals surface area contributed by atoms with Crippen LogP contribution in [0.1, 0.15) is 33.1 Å². The highest BCUT2D eigenvalue weighted by Gasteiger charge is 2.27. The predicted octanol–water partition coefficient (Wildman–Crippen LogP) is 3.26. The fourth-order valence-corrected chi connectivity index (χ4v) is 5.52. The van der Waals surface area contributed by atoms with E-state index in [0.29, 0.717) is 17.6 Å². The van der Waals surface area contributed by atoms with E-state index in [1.807, 2.05) is 38.6 Å². The SMILES string of the molecule is C[C@@H]1C[C@@H](C)CN(C(=O)Cn2c(SCC(=O)N3CCCC3)nc3ccccc32)C1. The Hall–Kier alpha value is -2.02. The molecule has 0 radical (unpaired) electrons. The molecule has 6 nitrogen and oxygen atoms in total. The number of amides is 2. The van der Waals surface area contributed by atoms with E-state index in [9.17, 15) is 9.59 Å². The van der Waals surface area contributed by atoms with Gasteiger partial charge >= 0.3 is 0 Å². The van der Waals surface area contributed by atoms with Crippen molar-refractivity contribution in [3.63, 3.8) is 0 Å². The lowest BCUT2D eigenvalue weighted by atomic mass is 9.92. The van der Waals surface area contributed by atoms with Crippen molar-refractivity contribution in [1.82, 2.24) is 19.4 Å². The number of carbonyl (C=O) groups is 2. The van der Waals surface area contributed by atoms with E-state index in [0.717, 1.165) is 55.2 Å². The zero-order valence-electron chi connectivity index (χ0n) is 17.3. The number of rotatable bonds is 5. The fraction of sp³-hybridized carbons (Fsp3) is 0.591. The highest BCUT2D eigenvalue weighted by Crippen LogP contribution is 2.26. The van der Waals surface area contributed by atoms with Gasteiger partial charge in [0.2, 0.25) is 11.8 Å². The predicted molar refractivity (Wildman–Crippen MR) is 116 cm³/mol. The molecule has 0 N–H and O–H groups in total. The van der Waals surface area contributed by atoms with Crippen LogP contribution in [0.4, 0.5) is 0 Å². The molecule has 1 aromatic heterocycles. The monoisotopic (exact) mass is 414 g/mol. The Labute approximate surface area is 176 Å². The van der Waals surface area contributed by atoms with Gasteiger partial charge in [0.15, 0.2) is 5.16 Å². The molecule has 156 valence electrons. The van der Waals surface area contributed by atoms with Crippen LogP contribution in [0, 0.1) is 11.8 Å². The maximum Gasteiger partial charge on any atom is 0.242 e. The molecule has 4 rings (SSSR count). The van der Waals surface area contributed by atoms with E-state index in [2.05, 4.69) is 13.8 Å². The number of piperidine rings is 1. The summed E-state index contributed by atoms with van der Waals surface area (Å²) in [6.45, 7) is 8.08. The van der Waals surface area contributed by atoms with E-state index in [4.69, 9.17) is 4.98 Å². The second-order valence-corrected chi connectivity index (χ2v) is 9.53. The molecule has 7 heteroatoms. The second-order valence-electron chi connectivity index (χ2n) is 8.59. The zero-order chi connectivity index (χ0) is 20.4. The van der Waals surface area contributed by atoms with Gasteiger partial charge in [-0.2, -0.15) is 0 Å². The molecule has 0 saturated carbocycles. The van der Waals surface area contributed by atoms with E-state index < -0.39 is 0 Å². The van der Waals surface area contributed by atoms with Gasteiger partial charge in [-0.05, 0) is 43.2 Å². The molecule has 2 fully saturated rings. The number of likely N-dealkylation sites (tertiary alicyclic amines) is 2. The summed E-state index contributed by atoms with van der Waals surface area (Å²) in [6, 6.07) is 7.90. The maximum atomic E-state index is 13.1. The average Bonchev–Trinajstić information content (AvgIpc) is 3.34. The van der Waals surface area contributed by atoms with E-state index in [1.54, 1.807) is 0 Å². The number of nitrogens with zero attached hydrogens (tertiary/aromatic N) is 4. The molecular formula is C22H30N4O2S. The summed E-state index contributed by atoms with van der Waals surface area (Å²) < 4.78 is 1.99. The highest BCUT2D eigenvalue weighted by atomic mass is 32.2. The molecule has 0 bridgehead atoms. The van der Waals surface area contributed by atoms with Crippen LogP contribution in [0.15, 0.2) is 29.4 Å². The molecule has 2 amide bonds. The number of hydrogen-bond acceptors (Lipinski definition) is 4. The van der Waals surface area contributed by atoms with Gasteiger partial charge in [-0.1, -0.05) is 37.7 Å². The standard InChI is InChI=1S/C22H30N4O2S/c1-16-11-17(2)13-25(12-16)20(27)14-26-19-8-4-3-7-18(19)23-22(26)29-15-21(28)24-9-5-6-10-24/h3-4,7-8,16-17H,5-6,9-15H2,1-2H3/t16-,17-/m1/s1. The normalized spacial score (nSPS) is 22.4. The van der Waals surface area contributed by atoms with Crippen LogP contribution in [-0.2, 0) is 16.1 Å². The minimum Gasteiger partial charge on any atom is -0.342 e. The van der Waals surface area contributed by atoms with Crippen molar-refractivity contribution in [2.24, 2.45) is 11.8 Å². The highest BCUT2D eigenvalue weighted by molar-refractivity contribution is 7.99. The first kappa shape index (κ1) is 20.3. The molecule has 2 aliphatic rings. The minimum absolute atomic E-state index is 0.138. The molecule has 2 aromatic rings. The van der Waals surface area contributed by atoms with Crippen molar-refractivity contribution in [3.8, 4) is 0 Å². The van der Waals surface area contributed by atoms with Crippen LogP contribution in [0.2, 0.25) is 0 Å². The van der Waals surface area contributed by atoms with Gasteiger partial charge in [0.25, 0.3) is 0 Å². The average molecular weight is 415 g/mol. The van der Waals surface area contributed by atoms with Gasteiger partial charge in [0, 0.05) is 26.2 Å². The Morgan fingerprint density at radius 1 is 1.03 bits per heavy atom. The first-order valence-corrected chi connectivity index (χ1v) is 11.6. The lowest BCUT2D eigenvalue weighted by molar-refractivity contribution is -0.134. The van der Waals surface area contributed by atoms with Crippen molar-refractivity contribution in [1.29, 1.82) is 0 Å². The number of hydrogen-bond donors (Lipinski definition) is 0. The summed E-state index contributed by atoms with van der Waals surface area (Å²) in [5.41, 5.74) is 1.83. The Kier molecular flexibility index (Phi) is 6.13. The fourth-order valence-electron chi connectivity index (χ4n) is 4.60. The summed E-state index contributed by atoms with van der Waals surface area (Å²) in [5, 5.41) is 0.755. The van der Waals surface area contributed by atoms with Gasteiger partial charge in [0.05, 0.1) is 16.8 Å². The number of aromatic nitrogens is 2. The third-order valence-corrected chi connectivity index (χ3v) is 6.88. The molecule has 2 saturated heterocycles. The molecule has 2 atom stereocenters. The molecule has 0 spiro atoms. The third kappa shape index (κ3) is 4.60. The Morgan fingerprint density at radius 3 is 2.45 bits per heavy atom. The molecule has 1 aromatic carbocycles. The zero-order valence-corrected chi connectivity index (χ0v) is 18.2. The quantitative estimate of drug-likeness (QED) is 0.705. The Bertz CT molecular complexity index is 880.